The summed E-state index contributed by atoms with van der Waals surface area (Å²) in [6, 6.07) is 16.7. The van der Waals surface area contributed by atoms with Crippen LogP contribution in [0.1, 0.15) is 0 Å². The van der Waals surface area contributed by atoms with Crippen molar-refractivity contribution in [3.8, 4) is 0 Å². The Bertz CT molecular complexity index is 837. The SMILES string of the molecule is c1c[nH]c2cc3c(cc2c1)nc1ccccc13. The summed E-state index contributed by atoms with van der Waals surface area (Å²) in [5.74, 6) is 0. The second kappa shape index (κ2) is 3.08. The van der Waals surface area contributed by atoms with Crippen molar-refractivity contribution >= 4 is 32.7 Å². The molecule has 0 saturated carbocycles. The molecule has 0 aliphatic heterocycles. The van der Waals surface area contributed by atoms with Crippen molar-refractivity contribution in [2.24, 2.45) is 0 Å². The van der Waals surface area contributed by atoms with Crippen LogP contribution >= 0.6 is 0 Å². The highest BCUT2D eigenvalue weighted by Crippen LogP contribution is 2.28. The van der Waals surface area contributed by atoms with E-state index in [9.17, 15) is 0 Å². The molecular formula is C15H10N2. The molecule has 2 heteroatoms. The van der Waals surface area contributed by atoms with Crippen LogP contribution in [-0.4, -0.2) is 9.97 Å². The maximum atomic E-state index is 4.65. The van der Waals surface area contributed by atoms with Crippen LogP contribution < -0.4 is 0 Å². The Labute approximate surface area is 97.9 Å². The lowest BCUT2D eigenvalue weighted by molar-refractivity contribution is 1.42. The predicted octanol–water partition coefficient (Wildman–Crippen LogP) is 3.87. The zero-order chi connectivity index (χ0) is 11.2. The fourth-order valence-corrected chi connectivity index (χ4v) is 2.39. The molecule has 0 amide bonds. The first-order valence-electron chi connectivity index (χ1n) is 5.67. The number of nitrogens with one attached hydrogen (secondary N) is 1. The van der Waals surface area contributed by atoms with Gasteiger partial charge in [0.1, 0.15) is 0 Å². The molecule has 2 heterocycles. The van der Waals surface area contributed by atoms with Gasteiger partial charge in [0.2, 0.25) is 0 Å². The van der Waals surface area contributed by atoms with Gasteiger partial charge in [0.05, 0.1) is 11.0 Å². The minimum Gasteiger partial charge on any atom is -0.361 e. The molecule has 0 aliphatic carbocycles. The van der Waals surface area contributed by atoms with E-state index in [1.165, 1.54) is 16.2 Å². The van der Waals surface area contributed by atoms with Crippen molar-refractivity contribution in [2.45, 2.75) is 0 Å². The van der Waals surface area contributed by atoms with Crippen molar-refractivity contribution in [3.05, 3.63) is 54.7 Å². The number of benzene rings is 2. The quantitative estimate of drug-likeness (QED) is 0.477. The first-order chi connectivity index (χ1) is 8.42. The van der Waals surface area contributed by atoms with Crippen LogP contribution in [0, 0.1) is 0 Å². The summed E-state index contributed by atoms with van der Waals surface area (Å²) in [5.41, 5.74) is 3.29. The lowest BCUT2D eigenvalue weighted by atomic mass is 10.1. The van der Waals surface area contributed by atoms with E-state index in [0.717, 1.165) is 16.6 Å². The number of pyridine rings is 1. The molecule has 4 rings (SSSR count). The molecule has 80 valence electrons. The maximum absolute atomic E-state index is 4.65. The van der Waals surface area contributed by atoms with E-state index in [1.807, 2.05) is 18.3 Å². The third-order valence-electron chi connectivity index (χ3n) is 3.21. The molecule has 0 atom stereocenters. The van der Waals surface area contributed by atoms with Gasteiger partial charge in [-0.3, -0.25) is 0 Å². The fraction of sp³-hybridized carbons (Fsp3) is 0. The van der Waals surface area contributed by atoms with Gasteiger partial charge in [-0.2, -0.15) is 0 Å². The molecule has 17 heavy (non-hydrogen) atoms. The highest BCUT2D eigenvalue weighted by Gasteiger charge is 2.05. The number of hydrogen-bond acceptors (Lipinski definition) is 1. The second-order valence-electron chi connectivity index (χ2n) is 4.26. The Morgan fingerprint density at radius 3 is 2.76 bits per heavy atom. The molecule has 2 aromatic carbocycles. The van der Waals surface area contributed by atoms with Crippen LogP contribution in [0.25, 0.3) is 32.7 Å². The largest absolute Gasteiger partial charge is 0.361 e. The van der Waals surface area contributed by atoms with Crippen LogP contribution in [0.2, 0.25) is 0 Å². The average Bonchev–Trinajstić information content (AvgIpc) is 2.73. The Morgan fingerprint density at radius 2 is 1.76 bits per heavy atom. The number of nitrogens with zero attached hydrogens (tertiary/aromatic N) is 1. The molecular weight excluding hydrogens is 208 g/mol. The normalized spacial score (nSPS) is 11.5. The van der Waals surface area contributed by atoms with Crippen molar-refractivity contribution < 1.29 is 0 Å². The predicted molar refractivity (Wildman–Crippen MR) is 71.1 cm³/mol. The molecule has 2 nitrogen and oxygen atoms in total. The molecule has 1 N–H and O–H groups in total. The van der Waals surface area contributed by atoms with Gasteiger partial charge in [-0.25, -0.2) is 4.98 Å². The monoisotopic (exact) mass is 218 g/mol. The average molecular weight is 218 g/mol. The van der Waals surface area contributed by atoms with Crippen LogP contribution in [-0.2, 0) is 0 Å². The Hall–Kier alpha value is -2.35. The number of hydrogen-bond donors (Lipinski definition) is 1. The van der Waals surface area contributed by atoms with Gasteiger partial charge in [0.25, 0.3) is 0 Å². The molecule has 0 radical (unpaired) electrons. The summed E-state index contributed by atoms with van der Waals surface area (Å²) in [7, 11) is 0. The number of aromatic amines is 1. The van der Waals surface area contributed by atoms with Gasteiger partial charge in [-0.15, -0.1) is 0 Å². The highest BCUT2D eigenvalue weighted by atomic mass is 14.7. The lowest BCUT2D eigenvalue weighted by Crippen LogP contribution is -1.77. The first-order valence-corrected chi connectivity index (χ1v) is 5.67. The summed E-state index contributed by atoms with van der Waals surface area (Å²) in [6.07, 6.45) is 1.95. The Morgan fingerprint density at radius 1 is 0.824 bits per heavy atom. The number of para-hydroxylation sites is 1. The number of H-pyrrole nitrogens is 1. The minimum absolute atomic E-state index is 1.07. The summed E-state index contributed by atoms with van der Waals surface area (Å²) in [6.45, 7) is 0. The zero-order valence-electron chi connectivity index (χ0n) is 9.14. The van der Waals surface area contributed by atoms with Crippen molar-refractivity contribution in [1.82, 2.24) is 9.97 Å². The molecule has 0 saturated heterocycles. The van der Waals surface area contributed by atoms with Crippen LogP contribution in [0.3, 0.4) is 0 Å². The van der Waals surface area contributed by atoms with E-state index in [1.54, 1.807) is 0 Å². The third-order valence-corrected chi connectivity index (χ3v) is 3.21. The van der Waals surface area contributed by atoms with E-state index in [2.05, 4.69) is 46.4 Å². The molecule has 4 aromatic rings. The van der Waals surface area contributed by atoms with Gasteiger partial charge < -0.3 is 4.98 Å². The smallest absolute Gasteiger partial charge is 0.0723 e. The van der Waals surface area contributed by atoms with Crippen LogP contribution in [0.4, 0.5) is 0 Å². The zero-order valence-corrected chi connectivity index (χ0v) is 9.14. The fourth-order valence-electron chi connectivity index (χ4n) is 2.39. The van der Waals surface area contributed by atoms with Crippen molar-refractivity contribution in [3.63, 3.8) is 0 Å². The Balaban J connectivity index is 2.28. The van der Waals surface area contributed by atoms with Crippen LogP contribution in [0.15, 0.2) is 54.7 Å². The molecule has 0 unspecified atom stereocenters. The number of fused-ring (bicyclic) bond motifs is 4. The van der Waals surface area contributed by atoms with Crippen molar-refractivity contribution in [1.29, 1.82) is 0 Å². The van der Waals surface area contributed by atoms with E-state index in [4.69, 9.17) is 0 Å². The topological polar surface area (TPSA) is 28.7 Å². The second-order valence-corrected chi connectivity index (χ2v) is 4.26. The van der Waals surface area contributed by atoms with E-state index >= 15 is 0 Å². The molecule has 0 spiro atoms. The van der Waals surface area contributed by atoms with Crippen LogP contribution in [0.5, 0.6) is 0 Å². The number of rotatable bonds is 0. The van der Waals surface area contributed by atoms with Gasteiger partial charge in [-0.05, 0) is 24.3 Å². The summed E-state index contributed by atoms with van der Waals surface area (Å²) < 4.78 is 0. The van der Waals surface area contributed by atoms with Crippen molar-refractivity contribution in [2.75, 3.05) is 0 Å². The standard InChI is InChI=1S/C15H10N2/c1-2-6-13-11(5-1)12-9-14-10(4-3-7-16-14)8-15(12)17-13/h1-9,16H. The lowest BCUT2D eigenvalue weighted by Gasteiger charge is -1.97. The summed E-state index contributed by atoms with van der Waals surface area (Å²) >= 11 is 0. The first kappa shape index (κ1) is 8.76. The van der Waals surface area contributed by atoms with Gasteiger partial charge >= 0.3 is 0 Å². The summed E-state index contributed by atoms with van der Waals surface area (Å²) in [5, 5.41) is 3.64. The molecule has 0 aliphatic rings. The van der Waals surface area contributed by atoms with E-state index < -0.39 is 0 Å². The van der Waals surface area contributed by atoms with Gasteiger partial charge in [-0.1, -0.05) is 24.3 Å². The molecule has 0 fully saturated rings. The minimum atomic E-state index is 1.07. The molecule has 0 bridgehead atoms. The van der Waals surface area contributed by atoms with E-state index in [-0.39, 0.29) is 0 Å². The maximum Gasteiger partial charge on any atom is 0.0723 e. The van der Waals surface area contributed by atoms with Gasteiger partial charge in [0.15, 0.2) is 0 Å². The Kier molecular flexibility index (Phi) is 1.59. The molecule has 2 aromatic heterocycles. The number of aromatic nitrogens is 2. The highest BCUT2D eigenvalue weighted by molar-refractivity contribution is 6.11. The van der Waals surface area contributed by atoms with E-state index in [0.29, 0.717) is 0 Å². The summed E-state index contributed by atoms with van der Waals surface area (Å²) in [4.78, 5) is 7.92. The van der Waals surface area contributed by atoms with Gasteiger partial charge in [0, 0.05) is 27.9 Å². The third kappa shape index (κ3) is 1.18.